The molecule has 0 N–H and O–H groups in total. The third-order valence-electron chi connectivity index (χ3n) is 4.21. The highest BCUT2D eigenvalue weighted by Gasteiger charge is 2.28. The largest absolute Gasteiger partial charge is 0.465 e. The standard InChI is InChI=1S/C22H17ClO4/c1-26-21(24)17-13-16(14-9-5-3-6-10-14)20(23)18(19(17)22(25)27-2)15-11-7-4-8-12-15/h3-13H,1-2H3. The predicted molar refractivity (Wildman–Crippen MR) is 105 cm³/mol. The van der Waals surface area contributed by atoms with Gasteiger partial charge in [-0.1, -0.05) is 72.3 Å². The van der Waals surface area contributed by atoms with Crippen LogP contribution in [0.3, 0.4) is 0 Å². The lowest BCUT2D eigenvalue weighted by molar-refractivity contribution is 0.0556. The first-order chi connectivity index (χ1) is 13.1. The lowest BCUT2D eigenvalue weighted by Gasteiger charge is -2.18. The van der Waals surface area contributed by atoms with Crippen LogP contribution in [0.1, 0.15) is 20.7 Å². The average Bonchev–Trinajstić information content (AvgIpc) is 2.73. The molecule has 3 rings (SSSR count). The Morgan fingerprint density at radius 3 is 1.81 bits per heavy atom. The average molecular weight is 381 g/mol. The molecule has 0 bridgehead atoms. The summed E-state index contributed by atoms with van der Waals surface area (Å²) in [7, 11) is 2.53. The Labute approximate surface area is 162 Å². The zero-order valence-corrected chi connectivity index (χ0v) is 15.6. The van der Waals surface area contributed by atoms with Crippen LogP contribution in [0.15, 0.2) is 66.7 Å². The predicted octanol–water partition coefficient (Wildman–Crippen LogP) is 5.25. The van der Waals surface area contributed by atoms with Gasteiger partial charge in [0, 0.05) is 11.1 Å². The van der Waals surface area contributed by atoms with E-state index in [1.165, 1.54) is 14.2 Å². The Kier molecular flexibility index (Phi) is 5.57. The van der Waals surface area contributed by atoms with Gasteiger partial charge in [0.25, 0.3) is 0 Å². The van der Waals surface area contributed by atoms with Gasteiger partial charge in [0.05, 0.1) is 30.4 Å². The highest BCUT2D eigenvalue weighted by molar-refractivity contribution is 6.37. The molecule has 4 nitrogen and oxygen atoms in total. The van der Waals surface area contributed by atoms with Gasteiger partial charge in [-0.15, -0.1) is 0 Å². The summed E-state index contributed by atoms with van der Waals surface area (Å²) in [6.45, 7) is 0. The SMILES string of the molecule is COC(=O)c1cc(-c2ccccc2)c(Cl)c(-c2ccccc2)c1C(=O)OC. The zero-order chi connectivity index (χ0) is 19.4. The van der Waals surface area contributed by atoms with E-state index in [1.54, 1.807) is 6.07 Å². The van der Waals surface area contributed by atoms with Crippen LogP contribution in [0.4, 0.5) is 0 Å². The minimum atomic E-state index is -0.657. The van der Waals surface area contributed by atoms with Gasteiger partial charge in [-0.3, -0.25) is 0 Å². The molecule has 0 aliphatic rings. The molecular formula is C22H17ClO4. The number of ether oxygens (including phenoxy) is 2. The van der Waals surface area contributed by atoms with Gasteiger partial charge in [0.15, 0.2) is 0 Å². The van der Waals surface area contributed by atoms with Gasteiger partial charge in [-0.25, -0.2) is 9.59 Å². The molecule has 0 aliphatic carbocycles. The summed E-state index contributed by atoms with van der Waals surface area (Å²) < 4.78 is 9.83. The zero-order valence-electron chi connectivity index (χ0n) is 14.9. The van der Waals surface area contributed by atoms with Crippen molar-refractivity contribution in [2.45, 2.75) is 0 Å². The number of hydrogen-bond donors (Lipinski definition) is 0. The second-order valence-corrected chi connectivity index (χ2v) is 6.13. The number of benzene rings is 3. The number of esters is 2. The smallest absolute Gasteiger partial charge is 0.339 e. The molecule has 0 unspecified atom stereocenters. The van der Waals surface area contributed by atoms with Gasteiger partial charge in [-0.2, -0.15) is 0 Å². The highest BCUT2D eigenvalue weighted by atomic mass is 35.5. The Hall–Kier alpha value is -3.11. The van der Waals surface area contributed by atoms with Crippen LogP contribution in [0.5, 0.6) is 0 Å². The Morgan fingerprint density at radius 2 is 1.30 bits per heavy atom. The summed E-state index contributed by atoms with van der Waals surface area (Å²) in [5.41, 5.74) is 2.77. The van der Waals surface area contributed by atoms with E-state index in [0.29, 0.717) is 21.7 Å². The quantitative estimate of drug-likeness (QED) is 0.580. The number of halogens is 1. The second-order valence-electron chi connectivity index (χ2n) is 5.75. The topological polar surface area (TPSA) is 52.6 Å². The van der Waals surface area contributed by atoms with Crippen molar-refractivity contribution in [3.8, 4) is 22.3 Å². The van der Waals surface area contributed by atoms with Crippen molar-refractivity contribution >= 4 is 23.5 Å². The van der Waals surface area contributed by atoms with Crippen LogP contribution in [-0.2, 0) is 9.47 Å². The van der Waals surface area contributed by atoms with Crippen molar-refractivity contribution in [2.24, 2.45) is 0 Å². The van der Waals surface area contributed by atoms with Gasteiger partial charge in [0.2, 0.25) is 0 Å². The fourth-order valence-corrected chi connectivity index (χ4v) is 3.31. The third kappa shape index (κ3) is 3.57. The molecule has 27 heavy (non-hydrogen) atoms. The Balaban J connectivity index is 2.44. The minimum absolute atomic E-state index is 0.0835. The van der Waals surface area contributed by atoms with Crippen molar-refractivity contribution in [1.29, 1.82) is 0 Å². The van der Waals surface area contributed by atoms with Crippen molar-refractivity contribution < 1.29 is 19.1 Å². The van der Waals surface area contributed by atoms with Gasteiger partial charge >= 0.3 is 11.9 Å². The molecule has 3 aromatic rings. The molecule has 0 fully saturated rings. The number of rotatable bonds is 4. The Bertz CT molecular complexity index is 982. The fraction of sp³-hybridized carbons (Fsp3) is 0.0909. The molecule has 0 spiro atoms. The normalized spacial score (nSPS) is 10.3. The third-order valence-corrected chi connectivity index (χ3v) is 4.60. The Morgan fingerprint density at radius 1 is 0.778 bits per heavy atom. The molecule has 0 radical (unpaired) electrons. The van der Waals surface area contributed by atoms with Crippen LogP contribution in [0, 0.1) is 0 Å². The number of carbonyl (C=O) groups excluding carboxylic acids is 2. The molecule has 0 saturated carbocycles. The maximum atomic E-state index is 12.6. The van der Waals surface area contributed by atoms with E-state index >= 15 is 0 Å². The van der Waals surface area contributed by atoms with E-state index in [-0.39, 0.29) is 11.1 Å². The van der Waals surface area contributed by atoms with E-state index in [1.807, 2.05) is 60.7 Å². The molecule has 5 heteroatoms. The molecule has 3 aromatic carbocycles. The number of methoxy groups -OCH3 is 2. The molecule has 0 aliphatic heterocycles. The van der Waals surface area contributed by atoms with E-state index in [0.717, 1.165) is 5.56 Å². The van der Waals surface area contributed by atoms with Crippen LogP contribution < -0.4 is 0 Å². The fourth-order valence-electron chi connectivity index (χ4n) is 2.95. The highest BCUT2D eigenvalue weighted by Crippen LogP contribution is 2.41. The summed E-state index contributed by atoms with van der Waals surface area (Å²) in [6, 6.07) is 20.1. The van der Waals surface area contributed by atoms with Crippen molar-refractivity contribution in [3.05, 3.63) is 82.9 Å². The molecule has 136 valence electrons. The van der Waals surface area contributed by atoms with E-state index in [4.69, 9.17) is 21.1 Å². The lowest BCUT2D eigenvalue weighted by atomic mass is 9.90. The van der Waals surface area contributed by atoms with Crippen LogP contribution in [-0.4, -0.2) is 26.2 Å². The van der Waals surface area contributed by atoms with Crippen molar-refractivity contribution in [1.82, 2.24) is 0 Å². The molecule has 0 atom stereocenters. The van der Waals surface area contributed by atoms with Crippen molar-refractivity contribution in [2.75, 3.05) is 14.2 Å². The lowest BCUT2D eigenvalue weighted by Crippen LogP contribution is -2.14. The number of carbonyl (C=O) groups is 2. The van der Waals surface area contributed by atoms with E-state index in [9.17, 15) is 9.59 Å². The maximum Gasteiger partial charge on any atom is 0.339 e. The monoisotopic (exact) mass is 380 g/mol. The van der Waals surface area contributed by atoms with Crippen molar-refractivity contribution in [3.63, 3.8) is 0 Å². The molecule has 0 saturated heterocycles. The summed E-state index contributed by atoms with van der Waals surface area (Å²) in [5, 5.41) is 0.362. The summed E-state index contributed by atoms with van der Waals surface area (Å²) in [5.74, 6) is -1.29. The van der Waals surface area contributed by atoms with Gasteiger partial charge in [-0.05, 0) is 17.2 Å². The molecule has 0 heterocycles. The number of hydrogen-bond acceptors (Lipinski definition) is 4. The van der Waals surface area contributed by atoms with Gasteiger partial charge < -0.3 is 9.47 Å². The van der Waals surface area contributed by atoms with Crippen LogP contribution in [0.2, 0.25) is 5.02 Å². The van der Waals surface area contributed by atoms with Gasteiger partial charge in [0.1, 0.15) is 0 Å². The van der Waals surface area contributed by atoms with E-state index in [2.05, 4.69) is 0 Å². The maximum absolute atomic E-state index is 12.6. The van der Waals surface area contributed by atoms with E-state index < -0.39 is 11.9 Å². The molecular weight excluding hydrogens is 364 g/mol. The minimum Gasteiger partial charge on any atom is -0.465 e. The van der Waals surface area contributed by atoms with Crippen LogP contribution in [0.25, 0.3) is 22.3 Å². The molecule has 0 amide bonds. The summed E-state index contributed by atoms with van der Waals surface area (Å²) in [4.78, 5) is 25.0. The summed E-state index contributed by atoms with van der Waals surface area (Å²) >= 11 is 6.74. The first kappa shape index (κ1) is 18.7. The first-order valence-corrected chi connectivity index (χ1v) is 8.60. The molecule has 0 aromatic heterocycles. The first-order valence-electron chi connectivity index (χ1n) is 8.22. The van der Waals surface area contributed by atoms with Crippen LogP contribution >= 0.6 is 11.6 Å². The summed E-state index contributed by atoms with van der Waals surface area (Å²) in [6.07, 6.45) is 0. The second kappa shape index (κ2) is 8.06.